The predicted octanol–water partition coefficient (Wildman–Crippen LogP) is 5.62. The van der Waals surface area contributed by atoms with E-state index in [1.807, 2.05) is 54.8 Å². The smallest absolute Gasteiger partial charge is 0.234 e. The first-order chi connectivity index (χ1) is 17.5. The third-order valence-corrected chi connectivity index (χ3v) is 7.62. The van der Waals surface area contributed by atoms with Crippen molar-refractivity contribution in [1.29, 1.82) is 0 Å². The second-order valence-corrected chi connectivity index (χ2v) is 11.0. The Bertz CT molecular complexity index is 1210. The van der Waals surface area contributed by atoms with Crippen molar-refractivity contribution in [1.82, 2.24) is 9.88 Å². The highest BCUT2D eigenvalue weighted by Gasteiger charge is 2.31. The van der Waals surface area contributed by atoms with Gasteiger partial charge in [-0.2, -0.15) is 16.7 Å². The van der Waals surface area contributed by atoms with Crippen LogP contribution >= 0.6 is 11.8 Å². The summed E-state index contributed by atoms with van der Waals surface area (Å²) in [6.07, 6.45) is 2.78. The number of hydrogen-bond donors (Lipinski definition) is 0. The van der Waals surface area contributed by atoms with E-state index in [1.165, 1.54) is 12.1 Å². The number of halogens is 1. The number of benzene rings is 2. The number of carbonyl (C=O) groups is 1. The van der Waals surface area contributed by atoms with Crippen LogP contribution in [0.2, 0.25) is 0 Å². The van der Waals surface area contributed by atoms with E-state index in [4.69, 9.17) is 9.15 Å². The molecule has 5 rings (SSSR count). The molecule has 1 aromatic heterocycles. The minimum atomic E-state index is -0.291. The molecule has 0 bridgehead atoms. The number of hydrogen-bond acceptors (Lipinski definition) is 6. The minimum absolute atomic E-state index is 0.0947. The molecule has 1 saturated heterocycles. The molecule has 190 valence electrons. The Balaban J connectivity index is 1.31. The van der Waals surface area contributed by atoms with Crippen LogP contribution in [0.25, 0.3) is 0 Å². The zero-order chi connectivity index (χ0) is 25.1. The minimum Gasteiger partial charge on any atom is -0.484 e. The van der Waals surface area contributed by atoms with Gasteiger partial charge >= 0.3 is 0 Å². The van der Waals surface area contributed by atoms with Gasteiger partial charge in [0.25, 0.3) is 0 Å². The van der Waals surface area contributed by atoms with Crippen molar-refractivity contribution in [2.45, 2.75) is 45.9 Å². The van der Waals surface area contributed by atoms with E-state index in [9.17, 15) is 9.18 Å². The SMILES string of the molecule is CC(C)CC(=O)N1Cc2ccc(OCc3nc(N4CCSCC4)co3)cc2CC1c1cccc(F)c1. The fourth-order valence-electron chi connectivity index (χ4n) is 4.84. The lowest BCUT2D eigenvalue weighted by molar-refractivity contribution is -0.135. The summed E-state index contributed by atoms with van der Waals surface area (Å²) in [5.74, 6) is 4.40. The van der Waals surface area contributed by atoms with Crippen molar-refractivity contribution < 1.29 is 18.3 Å². The number of rotatable bonds is 7. The average Bonchev–Trinajstić information content (AvgIpc) is 3.36. The molecule has 6 nitrogen and oxygen atoms in total. The van der Waals surface area contributed by atoms with Crippen molar-refractivity contribution >= 4 is 23.5 Å². The van der Waals surface area contributed by atoms with Gasteiger partial charge in [-0.05, 0) is 53.3 Å². The van der Waals surface area contributed by atoms with Crippen LogP contribution in [0.15, 0.2) is 53.1 Å². The summed E-state index contributed by atoms with van der Waals surface area (Å²) < 4.78 is 25.7. The molecule has 0 spiro atoms. The first-order valence-corrected chi connectivity index (χ1v) is 13.7. The molecule has 36 heavy (non-hydrogen) atoms. The van der Waals surface area contributed by atoms with E-state index in [0.717, 1.165) is 52.9 Å². The Hall–Kier alpha value is -3.00. The Morgan fingerprint density at radius 3 is 2.81 bits per heavy atom. The van der Waals surface area contributed by atoms with Crippen molar-refractivity contribution in [3.63, 3.8) is 0 Å². The molecular weight excluding hydrogens is 477 g/mol. The lowest BCUT2D eigenvalue weighted by atomic mass is 9.89. The topological polar surface area (TPSA) is 58.8 Å². The van der Waals surface area contributed by atoms with Crippen molar-refractivity contribution in [2.24, 2.45) is 5.92 Å². The monoisotopic (exact) mass is 509 g/mol. The number of ether oxygens (including phenoxy) is 1. The van der Waals surface area contributed by atoms with Crippen LogP contribution in [-0.4, -0.2) is 40.4 Å². The van der Waals surface area contributed by atoms with Crippen LogP contribution in [0.4, 0.5) is 10.2 Å². The highest BCUT2D eigenvalue weighted by Crippen LogP contribution is 2.36. The second kappa shape index (κ2) is 10.9. The molecule has 0 aliphatic carbocycles. The van der Waals surface area contributed by atoms with Gasteiger partial charge in [-0.15, -0.1) is 0 Å². The van der Waals surface area contributed by atoms with Crippen molar-refractivity contribution in [3.8, 4) is 5.75 Å². The van der Waals surface area contributed by atoms with E-state index in [2.05, 4.69) is 9.88 Å². The van der Waals surface area contributed by atoms with Crippen LogP contribution in [0.3, 0.4) is 0 Å². The van der Waals surface area contributed by atoms with Crippen LogP contribution in [0.5, 0.6) is 5.75 Å². The van der Waals surface area contributed by atoms with Crippen molar-refractivity contribution in [2.75, 3.05) is 29.5 Å². The van der Waals surface area contributed by atoms with Gasteiger partial charge in [-0.3, -0.25) is 4.79 Å². The number of carbonyl (C=O) groups excluding carboxylic acids is 1. The summed E-state index contributed by atoms with van der Waals surface area (Å²) in [4.78, 5) is 21.8. The highest BCUT2D eigenvalue weighted by atomic mass is 32.2. The van der Waals surface area contributed by atoms with Crippen LogP contribution in [0, 0.1) is 11.7 Å². The van der Waals surface area contributed by atoms with Gasteiger partial charge in [-0.1, -0.05) is 32.0 Å². The molecule has 2 aliphatic rings. The van der Waals surface area contributed by atoms with Gasteiger partial charge in [0, 0.05) is 37.6 Å². The zero-order valence-corrected chi connectivity index (χ0v) is 21.6. The summed E-state index contributed by atoms with van der Waals surface area (Å²) in [6, 6.07) is 12.3. The molecule has 0 saturated carbocycles. The lowest BCUT2D eigenvalue weighted by Gasteiger charge is -2.38. The Morgan fingerprint density at radius 1 is 1.19 bits per heavy atom. The number of nitrogens with zero attached hydrogens (tertiary/aromatic N) is 3. The lowest BCUT2D eigenvalue weighted by Crippen LogP contribution is -2.39. The molecule has 2 aromatic carbocycles. The number of thioether (sulfide) groups is 1. The standard InChI is InChI=1S/C28H32FN3O3S/c1-19(2)12-28(33)32-16-21-6-7-24(14-22(21)15-25(32)20-4-3-5-23(29)13-20)34-18-27-30-26(17-35-27)31-8-10-36-11-9-31/h3-7,13-14,17,19,25H,8-12,15-16,18H2,1-2H3. The maximum absolute atomic E-state index is 14.1. The normalized spacial score (nSPS) is 17.8. The van der Waals surface area contributed by atoms with E-state index >= 15 is 0 Å². The van der Waals surface area contributed by atoms with E-state index in [1.54, 1.807) is 12.3 Å². The van der Waals surface area contributed by atoms with E-state index in [0.29, 0.717) is 25.3 Å². The predicted molar refractivity (Wildman–Crippen MR) is 140 cm³/mol. The molecule has 0 N–H and O–H groups in total. The first kappa shape index (κ1) is 24.7. The first-order valence-electron chi connectivity index (χ1n) is 12.5. The summed E-state index contributed by atoms with van der Waals surface area (Å²) in [6.45, 7) is 6.78. The maximum atomic E-state index is 14.1. The van der Waals surface area contributed by atoms with Gasteiger partial charge in [0.2, 0.25) is 11.8 Å². The fourth-order valence-corrected chi connectivity index (χ4v) is 5.74. The summed E-state index contributed by atoms with van der Waals surface area (Å²) >= 11 is 1.96. The summed E-state index contributed by atoms with van der Waals surface area (Å²) in [5.41, 5.74) is 3.01. The zero-order valence-electron chi connectivity index (χ0n) is 20.8. The molecule has 1 atom stereocenters. The Kier molecular flexibility index (Phi) is 7.51. The van der Waals surface area contributed by atoms with Gasteiger partial charge in [-0.25, -0.2) is 4.39 Å². The molecule has 3 aromatic rings. The molecule has 8 heteroatoms. The van der Waals surface area contributed by atoms with Gasteiger partial charge < -0.3 is 19.0 Å². The highest BCUT2D eigenvalue weighted by molar-refractivity contribution is 7.99. The molecule has 1 fully saturated rings. The van der Waals surface area contributed by atoms with Crippen molar-refractivity contribution in [3.05, 3.63) is 77.1 Å². The van der Waals surface area contributed by atoms with E-state index in [-0.39, 0.29) is 30.3 Å². The number of oxazole rings is 1. The quantitative estimate of drug-likeness (QED) is 0.412. The van der Waals surface area contributed by atoms with Gasteiger partial charge in [0.1, 0.15) is 17.8 Å². The van der Waals surface area contributed by atoms with Crippen LogP contribution in [0.1, 0.15) is 48.9 Å². The van der Waals surface area contributed by atoms with Crippen LogP contribution in [-0.2, 0) is 24.4 Å². The second-order valence-electron chi connectivity index (χ2n) is 9.81. The average molecular weight is 510 g/mol. The van der Waals surface area contributed by atoms with E-state index < -0.39 is 0 Å². The van der Waals surface area contributed by atoms with Gasteiger partial charge in [0.15, 0.2) is 12.4 Å². The Labute approximate surface area is 215 Å². The molecule has 0 radical (unpaired) electrons. The number of amides is 1. The Morgan fingerprint density at radius 2 is 2.03 bits per heavy atom. The van der Waals surface area contributed by atoms with Crippen LogP contribution < -0.4 is 9.64 Å². The number of fused-ring (bicyclic) bond motifs is 1. The maximum Gasteiger partial charge on any atom is 0.234 e. The summed E-state index contributed by atoms with van der Waals surface area (Å²) in [7, 11) is 0. The number of anilines is 1. The molecular formula is C28H32FN3O3S. The molecule has 2 aliphatic heterocycles. The fraction of sp³-hybridized carbons (Fsp3) is 0.429. The molecule has 3 heterocycles. The molecule has 1 unspecified atom stereocenters. The molecule has 1 amide bonds. The third kappa shape index (κ3) is 5.69. The van der Waals surface area contributed by atoms with Gasteiger partial charge in [0.05, 0.1) is 6.04 Å². The summed E-state index contributed by atoms with van der Waals surface area (Å²) in [5, 5.41) is 0. The largest absolute Gasteiger partial charge is 0.484 e. The third-order valence-electron chi connectivity index (χ3n) is 6.68. The number of aromatic nitrogens is 1.